The zero-order chi connectivity index (χ0) is 62.8. The van der Waals surface area contributed by atoms with Crippen molar-refractivity contribution in [2.24, 2.45) is 0 Å². The highest BCUT2D eigenvalue weighted by Gasteiger charge is 2.20. The van der Waals surface area contributed by atoms with Crippen molar-refractivity contribution in [3.63, 3.8) is 0 Å². The number of hydrogen-bond donors (Lipinski definition) is 3. The summed E-state index contributed by atoms with van der Waals surface area (Å²) in [5, 5.41) is 23.4. The van der Waals surface area contributed by atoms with Gasteiger partial charge in [-0.25, -0.2) is 0 Å². The molecule has 87 heavy (non-hydrogen) atoms. The summed E-state index contributed by atoms with van der Waals surface area (Å²) < 4.78 is 5.51. The molecule has 0 rings (SSSR count). The first-order valence-electron chi connectivity index (χ1n) is 40.1. The van der Waals surface area contributed by atoms with E-state index in [2.05, 4.69) is 43.5 Å². The van der Waals surface area contributed by atoms with Crippen LogP contribution in [-0.2, 0) is 14.3 Å². The number of amides is 1. The molecule has 0 radical (unpaired) electrons. The first-order chi connectivity index (χ1) is 43.0. The lowest BCUT2D eigenvalue weighted by Gasteiger charge is -2.22. The zero-order valence-corrected chi connectivity index (χ0v) is 59.3. The van der Waals surface area contributed by atoms with Crippen molar-refractivity contribution in [2.75, 3.05) is 13.2 Å². The maximum Gasteiger partial charge on any atom is 0.305 e. The number of allylic oxidation sites excluding steroid dienone is 4. The van der Waals surface area contributed by atoms with Crippen LogP contribution in [0, 0.1) is 0 Å². The van der Waals surface area contributed by atoms with Crippen LogP contribution in [0.2, 0.25) is 0 Å². The van der Waals surface area contributed by atoms with Gasteiger partial charge in [0.15, 0.2) is 0 Å². The molecule has 0 aliphatic rings. The number of carbonyl (C=O) groups excluding carboxylic acids is 2. The molecule has 6 nitrogen and oxygen atoms in total. The van der Waals surface area contributed by atoms with Crippen LogP contribution >= 0.6 is 0 Å². The SMILES string of the molecule is CCCCCCCCC/C=C\CCCCCCCCCC(=O)OCCCCCCCCCCCCCCCCCC/C=C\CCCCCCCCCCCCCCCCCCCC(=O)NC(CO)C(O)CCCCCCCCCCCCCCCCC. The second-order valence-electron chi connectivity index (χ2n) is 27.7. The summed E-state index contributed by atoms with van der Waals surface area (Å²) in [6.07, 6.45) is 98.5. The van der Waals surface area contributed by atoms with E-state index in [1.54, 1.807) is 0 Å². The van der Waals surface area contributed by atoms with E-state index in [-0.39, 0.29) is 18.5 Å². The molecule has 0 bridgehead atoms. The van der Waals surface area contributed by atoms with Gasteiger partial charge in [-0.15, -0.1) is 0 Å². The van der Waals surface area contributed by atoms with Crippen LogP contribution in [0.1, 0.15) is 457 Å². The summed E-state index contributed by atoms with van der Waals surface area (Å²) in [6, 6.07) is -0.538. The van der Waals surface area contributed by atoms with Crippen LogP contribution in [0.5, 0.6) is 0 Å². The number of ether oxygens (including phenoxy) is 1. The molecule has 0 aliphatic heterocycles. The number of aliphatic hydroxyl groups is 2. The van der Waals surface area contributed by atoms with Crippen molar-refractivity contribution < 1.29 is 24.5 Å². The van der Waals surface area contributed by atoms with Gasteiger partial charge in [0.1, 0.15) is 0 Å². The minimum atomic E-state index is -0.661. The molecule has 0 saturated heterocycles. The van der Waals surface area contributed by atoms with Crippen molar-refractivity contribution in [1.82, 2.24) is 5.32 Å². The van der Waals surface area contributed by atoms with E-state index in [0.717, 1.165) is 38.5 Å². The fraction of sp³-hybridized carbons (Fsp3) is 0.926. The van der Waals surface area contributed by atoms with E-state index in [9.17, 15) is 19.8 Å². The summed E-state index contributed by atoms with van der Waals surface area (Å²) >= 11 is 0. The Morgan fingerprint density at radius 3 is 0.816 bits per heavy atom. The lowest BCUT2D eigenvalue weighted by atomic mass is 10.0. The van der Waals surface area contributed by atoms with Crippen molar-refractivity contribution in [3.05, 3.63) is 24.3 Å². The molecule has 1 amide bonds. The molecule has 516 valence electrons. The molecule has 2 unspecified atom stereocenters. The Balaban J connectivity index is 3.31. The number of nitrogens with one attached hydrogen (secondary N) is 1. The largest absolute Gasteiger partial charge is 0.466 e. The van der Waals surface area contributed by atoms with E-state index >= 15 is 0 Å². The normalized spacial score (nSPS) is 12.6. The van der Waals surface area contributed by atoms with Gasteiger partial charge in [0.05, 0.1) is 25.4 Å². The molecule has 0 aromatic carbocycles. The van der Waals surface area contributed by atoms with E-state index in [1.807, 2.05) is 0 Å². The minimum absolute atomic E-state index is 0.0195. The van der Waals surface area contributed by atoms with Gasteiger partial charge in [-0.05, 0) is 77.0 Å². The van der Waals surface area contributed by atoms with Crippen LogP contribution in [0.25, 0.3) is 0 Å². The molecule has 0 aromatic rings. The topological polar surface area (TPSA) is 95.9 Å². The van der Waals surface area contributed by atoms with Gasteiger partial charge in [-0.3, -0.25) is 9.59 Å². The third-order valence-corrected chi connectivity index (χ3v) is 19.0. The van der Waals surface area contributed by atoms with Crippen LogP contribution in [0.15, 0.2) is 24.3 Å². The molecule has 0 saturated carbocycles. The zero-order valence-electron chi connectivity index (χ0n) is 59.3. The van der Waals surface area contributed by atoms with Gasteiger partial charge in [-0.2, -0.15) is 0 Å². The highest BCUT2D eigenvalue weighted by molar-refractivity contribution is 5.76. The second kappa shape index (κ2) is 76.8. The minimum Gasteiger partial charge on any atom is -0.466 e. The molecule has 2 atom stereocenters. The number of aliphatic hydroxyl groups excluding tert-OH is 2. The molecule has 0 aliphatic carbocycles. The molecular weight excluding hydrogens is 1070 g/mol. The van der Waals surface area contributed by atoms with Crippen LogP contribution in [0.4, 0.5) is 0 Å². The van der Waals surface area contributed by atoms with Gasteiger partial charge >= 0.3 is 5.97 Å². The summed E-state index contributed by atoms with van der Waals surface area (Å²) in [4.78, 5) is 24.6. The van der Waals surface area contributed by atoms with Gasteiger partial charge in [-0.1, -0.05) is 391 Å². The molecule has 0 spiro atoms. The van der Waals surface area contributed by atoms with Crippen LogP contribution < -0.4 is 5.32 Å². The van der Waals surface area contributed by atoms with Crippen molar-refractivity contribution in [1.29, 1.82) is 0 Å². The Labute approximate surface area is 545 Å². The summed E-state index contributed by atoms with van der Waals surface area (Å²) in [7, 11) is 0. The third-order valence-electron chi connectivity index (χ3n) is 19.0. The fourth-order valence-corrected chi connectivity index (χ4v) is 12.9. The van der Waals surface area contributed by atoms with Gasteiger partial charge < -0.3 is 20.3 Å². The van der Waals surface area contributed by atoms with E-state index in [1.165, 1.54) is 385 Å². The Morgan fingerprint density at radius 1 is 0.310 bits per heavy atom. The lowest BCUT2D eigenvalue weighted by Crippen LogP contribution is -2.45. The van der Waals surface area contributed by atoms with Gasteiger partial charge in [0, 0.05) is 12.8 Å². The molecule has 3 N–H and O–H groups in total. The Hall–Kier alpha value is -1.66. The quantitative estimate of drug-likeness (QED) is 0.0320. The van der Waals surface area contributed by atoms with Crippen molar-refractivity contribution in [3.8, 4) is 0 Å². The summed E-state index contributed by atoms with van der Waals surface area (Å²) in [5.41, 5.74) is 0. The van der Waals surface area contributed by atoms with Crippen molar-refractivity contribution >= 4 is 11.9 Å². The monoisotopic (exact) mass is 1220 g/mol. The Kier molecular flexibility index (Phi) is 75.3. The smallest absolute Gasteiger partial charge is 0.305 e. The van der Waals surface area contributed by atoms with Gasteiger partial charge in [0.25, 0.3) is 0 Å². The third kappa shape index (κ3) is 73.3. The predicted octanol–water partition coefficient (Wildman–Crippen LogP) is 26.4. The highest BCUT2D eigenvalue weighted by Crippen LogP contribution is 2.20. The second-order valence-corrected chi connectivity index (χ2v) is 27.7. The lowest BCUT2D eigenvalue weighted by molar-refractivity contribution is -0.143. The Morgan fingerprint density at radius 2 is 0.540 bits per heavy atom. The number of rotatable bonds is 76. The maximum absolute atomic E-state index is 12.5. The molecule has 0 aromatic heterocycles. The average molecular weight is 1230 g/mol. The van der Waals surface area contributed by atoms with E-state index < -0.39 is 12.1 Å². The molecule has 6 heteroatoms. The number of esters is 1. The Bertz CT molecular complexity index is 1360. The summed E-state index contributed by atoms with van der Waals surface area (Å²) in [5.74, 6) is -0.00789. The van der Waals surface area contributed by atoms with Gasteiger partial charge in [0.2, 0.25) is 5.91 Å². The van der Waals surface area contributed by atoms with E-state index in [4.69, 9.17) is 4.74 Å². The number of unbranched alkanes of at least 4 members (excludes halogenated alkanes) is 61. The van der Waals surface area contributed by atoms with E-state index in [0.29, 0.717) is 25.9 Å². The molecular formula is C81H157NO5. The highest BCUT2D eigenvalue weighted by atomic mass is 16.5. The predicted molar refractivity (Wildman–Crippen MR) is 384 cm³/mol. The molecule has 0 heterocycles. The number of carbonyl (C=O) groups is 2. The average Bonchev–Trinajstić information content (AvgIpc) is 3.56. The summed E-state index contributed by atoms with van der Waals surface area (Å²) in [6.45, 7) is 5.00. The fourth-order valence-electron chi connectivity index (χ4n) is 12.9. The molecule has 0 fully saturated rings. The number of hydrogen-bond acceptors (Lipinski definition) is 5. The van der Waals surface area contributed by atoms with Crippen LogP contribution in [-0.4, -0.2) is 47.4 Å². The first-order valence-corrected chi connectivity index (χ1v) is 40.1. The van der Waals surface area contributed by atoms with Crippen molar-refractivity contribution in [2.45, 2.75) is 469 Å². The first kappa shape index (κ1) is 85.3. The standard InChI is InChI=1S/C81H157NO5/c1-3-5-7-9-11-13-15-17-19-20-43-47-51-55-59-63-67-71-75-81(86)87-76-72-68-64-60-56-52-48-44-41-39-37-35-33-31-29-27-25-23-21-22-24-26-28-30-32-34-36-38-40-42-46-50-54-58-62-66-70-74-80(85)82-78(77-83)79(84)73-69-65-61-57-53-49-45-18-16-14-12-10-8-6-4-2/h19-21,23,78-79,83-84H,3-18,22,24-77H2,1-2H3,(H,82,85)/b20-19-,23-21-. The van der Waals surface area contributed by atoms with Crippen LogP contribution in [0.3, 0.4) is 0 Å². The maximum atomic E-state index is 12.5.